The molecule has 156 valence electrons. The van der Waals surface area contributed by atoms with Crippen LogP contribution in [0.2, 0.25) is 0 Å². The Labute approximate surface area is 175 Å². The standard InChI is InChI=1S/C23H24N2O5/c1-4-28-20-11-7-19(8-12-20)25-23(27)18(14-24)13-17-5-9-21(10-6-17)29-15-22(26)30-16(2)3/h5-13,16H,4,15H2,1-3H3,(H,25,27)/b18-13-. The predicted molar refractivity (Wildman–Crippen MR) is 113 cm³/mol. The predicted octanol–water partition coefficient (Wildman–Crippen LogP) is 3.96. The lowest BCUT2D eigenvalue weighted by molar-refractivity contribution is -0.149. The van der Waals surface area contributed by atoms with Crippen molar-refractivity contribution in [1.82, 2.24) is 0 Å². The minimum Gasteiger partial charge on any atom is -0.494 e. The molecule has 2 aromatic carbocycles. The Kier molecular flexibility index (Phi) is 8.45. The van der Waals surface area contributed by atoms with Gasteiger partial charge in [0.25, 0.3) is 5.91 Å². The zero-order valence-corrected chi connectivity index (χ0v) is 17.2. The number of carbonyl (C=O) groups is 2. The van der Waals surface area contributed by atoms with E-state index in [-0.39, 0.29) is 18.3 Å². The summed E-state index contributed by atoms with van der Waals surface area (Å²) in [4.78, 5) is 23.9. The fraction of sp³-hybridized carbons (Fsp3) is 0.261. The van der Waals surface area contributed by atoms with Gasteiger partial charge in [0, 0.05) is 5.69 Å². The van der Waals surface area contributed by atoms with Gasteiger partial charge >= 0.3 is 5.97 Å². The van der Waals surface area contributed by atoms with Crippen LogP contribution in [0.5, 0.6) is 11.5 Å². The number of anilines is 1. The molecule has 0 radical (unpaired) electrons. The number of rotatable bonds is 9. The van der Waals surface area contributed by atoms with Gasteiger partial charge in [0.2, 0.25) is 0 Å². The molecular weight excluding hydrogens is 384 g/mol. The van der Waals surface area contributed by atoms with E-state index in [1.54, 1.807) is 62.4 Å². The molecule has 0 fully saturated rings. The van der Waals surface area contributed by atoms with Gasteiger partial charge in [0.05, 0.1) is 12.7 Å². The fourth-order valence-electron chi connectivity index (χ4n) is 2.41. The molecule has 0 saturated heterocycles. The van der Waals surface area contributed by atoms with Crippen molar-refractivity contribution < 1.29 is 23.8 Å². The molecule has 7 heteroatoms. The lowest BCUT2D eigenvalue weighted by Gasteiger charge is -2.09. The molecule has 1 amide bonds. The van der Waals surface area contributed by atoms with Gasteiger partial charge in [-0.2, -0.15) is 5.26 Å². The summed E-state index contributed by atoms with van der Waals surface area (Å²) in [5.41, 5.74) is 1.16. The maximum Gasteiger partial charge on any atom is 0.344 e. The van der Waals surface area contributed by atoms with Crippen LogP contribution >= 0.6 is 0 Å². The van der Waals surface area contributed by atoms with Gasteiger partial charge < -0.3 is 19.5 Å². The van der Waals surface area contributed by atoms with E-state index < -0.39 is 11.9 Å². The number of nitrogens with zero attached hydrogens (tertiary/aromatic N) is 1. The first-order valence-corrected chi connectivity index (χ1v) is 9.49. The monoisotopic (exact) mass is 408 g/mol. The highest BCUT2D eigenvalue weighted by molar-refractivity contribution is 6.09. The molecule has 0 atom stereocenters. The number of amides is 1. The van der Waals surface area contributed by atoms with Crippen molar-refractivity contribution in [2.24, 2.45) is 0 Å². The molecule has 0 unspecified atom stereocenters. The van der Waals surface area contributed by atoms with Crippen LogP contribution in [0, 0.1) is 11.3 Å². The molecule has 0 heterocycles. The van der Waals surface area contributed by atoms with Crippen LogP contribution in [0.3, 0.4) is 0 Å². The molecule has 7 nitrogen and oxygen atoms in total. The Morgan fingerprint density at radius 2 is 1.63 bits per heavy atom. The van der Waals surface area contributed by atoms with Crippen molar-refractivity contribution in [2.45, 2.75) is 26.9 Å². The first kappa shape index (κ1) is 22.5. The average molecular weight is 408 g/mol. The van der Waals surface area contributed by atoms with Gasteiger partial charge in [0.1, 0.15) is 23.1 Å². The number of carbonyl (C=O) groups excluding carboxylic acids is 2. The SMILES string of the molecule is CCOc1ccc(NC(=O)/C(C#N)=C\c2ccc(OCC(=O)OC(C)C)cc2)cc1. The van der Waals surface area contributed by atoms with Gasteiger partial charge in [-0.3, -0.25) is 4.79 Å². The Bertz CT molecular complexity index is 926. The van der Waals surface area contributed by atoms with Crippen molar-refractivity contribution in [3.8, 4) is 17.6 Å². The number of ether oxygens (including phenoxy) is 3. The summed E-state index contributed by atoms with van der Waals surface area (Å²) >= 11 is 0. The quantitative estimate of drug-likeness (QED) is 0.383. The van der Waals surface area contributed by atoms with E-state index in [0.29, 0.717) is 29.4 Å². The van der Waals surface area contributed by atoms with Crippen molar-refractivity contribution in [3.05, 3.63) is 59.7 Å². The van der Waals surface area contributed by atoms with Gasteiger partial charge in [0.15, 0.2) is 6.61 Å². The fourth-order valence-corrected chi connectivity index (χ4v) is 2.41. The lowest BCUT2D eigenvalue weighted by atomic mass is 10.1. The van der Waals surface area contributed by atoms with E-state index in [9.17, 15) is 14.9 Å². The van der Waals surface area contributed by atoms with Crippen LogP contribution in [0.25, 0.3) is 6.08 Å². The van der Waals surface area contributed by atoms with E-state index in [2.05, 4.69) is 5.32 Å². The molecule has 0 bridgehead atoms. The van der Waals surface area contributed by atoms with Crippen LogP contribution in [-0.4, -0.2) is 31.2 Å². The highest BCUT2D eigenvalue weighted by Crippen LogP contribution is 2.18. The van der Waals surface area contributed by atoms with E-state index in [1.165, 1.54) is 6.08 Å². The zero-order valence-electron chi connectivity index (χ0n) is 17.2. The van der Waals surface area contributed by atoms with E-state index in [1.807, 2.05) is 13.0 Å². The van der Waals surface area contributed by atoms with Gasteiger partial charge in [-0.1, -0.05) is 12.1 Å². The summed E-state index contributed by atoms with van der Waals surface area (Å²) in [7, 11) is 0. The summed E-state index contributed by atoms with van der Waals surface area (Å²) in [5.74, 6) is 0.210. The van der Waals surface area contributed by atoms with Crippen LogP contribution < -0.4 is 14.8 Å². The topological polar surface area (TPSA) is 97.6 Å². The Hall–Kier alpha value is -3.79. The number of hydrogen-bond donors (Lipinski definition) is 1. The first-order valence-electron chi connectivity index (χ1n) is 9.49. The van der Waals surface area contributed by atoms with Gasteiger partial charge in [-0.05, 0) is 68.8 Å². The Morgan fingerprint density at radius 3 is 2.20 bits per heavy atom. The molecule has 30 heavy (non-hydrogen) atoms. The third-order valence-electron chi connectivity index (χ3n) is 3.70. The summed E-state index contributed by atoms with van der Waals surface area (Å²) < 4.78 is 15.7. The number of esters is 1. The lowest BCUT2D eigenvalue weighted by Crippen LogP contribution is -2.18. The number of nitriles is 1. The Morgan fingerprint density at radius 1 is 1.03 bits per heavy atom. The van der Waals surface area contributed by atoms with Crippen molar-refractivity contribution >= 4 is 23.6 Å². The summed E-state index contributed by atoms with van der Waals surface area (Å²) in [6.07, 6.45) is 1.27. The van der Waals surface area contributed by atoms with Crippen molar-refractivity contribution in [2.75, 3.05) is 18.5 Å². The molecule has 0 aliphatic carbocycles. The van der Waals surface area contributed by atoms with Crippen molar-refractivity contribution in [1.29, 1.82) is 5.26 Å². The second kappa shape index (κ2) is 11.3. The van der Waals surface area contributed by atoms with E-state index >= 15 is 0 Å². The molecule has 0 aliphatic heterocycles. The van der Waals surface area contributed by atoms with Crippen molar-refractivity contribution in [3.63, 3.8) is 0 Å². The normalized spacial score (nSPS) is 10.8. The summed E-state index contributed by atoms with van der Waals surface area (Å²) in [6.45, 7) is 5.77. The molecule has 2 aromatic rings. The smallest absolute Gasteiger partial charge is 0.344 e. The van der Waals surface area contributed by atoms with Gasteiger partial charge in [-0.25, -0.2) is 4.79 Å². The zero-order chi connectivity index (χ0) is 21.9. The molecule has 0 saturated carbocycles. The van der Waals surface area contributed by atoms with Crippen LogP contribution in [0.1, 0.15) is 26.3 Å². The van der Waals surface area contributed by atoms with Crippen LogP contribution in [0.15, 0.2) is 54.1 Å². The highest BCUT2D eigenvalue weighted by atomic mass is 16.6. The number of benzene rings is 2. The highest BCUT2D eigenvalue weighted by Gasteiger charge is 2.10. The largest absolute Gasteiger partial charge is 0.494 e. The average Bonchev–Trinajstić information content (AvgIpc) is 2.72. The van der Waals surface area contributed by atoms with Gasteiger partial charge in [-0.15, -0.1) is 0 Å². The third-order valence-corrected chi connectivity index (χ3v) is 3.70. The van der Waals surface area contributed by atoms with E-state index in [0.717, 1.165) is 0 Å². The van der Waals surface area contributed by atoms with Crippen LogP contribution in [0.4, 0.5) is 5.69 Å². The minimum absolute atomic E-state index is 0.0435. The molecule has 1 N–H and O–H groups in total. The third kappa shape index (κ3) is 7.32. The first-order chi connectivity index (χ1) is 14.4. The summed E-state index contributed by atoms with van der Waals surface area (Å²) in [6, 6.07) is 15.5. The maximum absolute atomic E-state index is 12.4. The second-order valence-corrected chi connectivity index (χ2v) is 6.48. The van der Waals surface area contributed by atoms with Crippen LogP contribution in [-0.2, 0) is 14.3 Å². The molecule has 0 aliphatic rings. The molecule has 0 spiro atoms. The molecule has 0 aromatic heterocycles. The molecule has 2 rings (SSSR count). The maximum atomic E-state index is 12.4. The summed E-state index contributed by atoms with van der Waals surface area (Å²) in [5, 5.41) is 12.0. The number of hydrogen-bond acceptors (Lipinski definition) is 6. The number of nitrogens with one attached hydrogen (secondary N) is 1. The minimum atomic E-state index is -0.515. The Balaban J connectivity index is 1.98. The second-order valence-electron chi connectivity index (χ2n) is 6.48. The molecular formula is C23H24N2O5. The van der Waals surface area contributed by atoms with E-state index in [4.69, 9.17) is 14.2 Å².